The van der Waals surface area contributed by atoms with Crippen molar-refractivity contribution in [3.63, 3.8) is 0 Å². The van der Waals surface area contributed by atoms with E-state index in [4.69, 9.17) is 4.98 Å². The van der Waals surface area contributed by atoms with Gasteiger partial charge in [0.15, 0.2) is 0 Å². The Morgan fingerprint density at radius 3 is 2.50 bits per heavy atom. The number of aromatic nitrogens is 1. The molecule has 2 aromatic rings. The van der Waals surface area contributed by atoms with Crippen molar-refractivity contribution in [2.45, 2.75) is 32.7 Å². The Labute approximate surface area is 113 Å². The number of nitrogens with zero attached hydrogens (tertiary/aromatic N) is 1. The maximum Gasteiger partial charge on any atom is 0.103 e. The summed E-state index contributed by atoms with van der Waals surface area (Å²) in [5.41, 5.74) is 2.44. The lowest BCUT2D eigenvalue weighted by molar-refractivity contribution is 0.633. The lowest BCUT2D eigenvalue weighted by Gasteiger charge is -2.22. The number of rotatable bonds is 4. The number of hydrogen-bond acceptors (Lipinski definition) is 3. The summed E-state index contributed by atoms with van der Waals surface area (Å²) in [6.45, 7) is 7.47. The zero-order valence-corrected chi connectivity index (χ0v) is 12.3. The molecule has 1 aromatic carbocycles. The van der Waals surface area contributed by atoms with Crippen LogP contribution in [-0.4, -0.2) is 12.0 Å². The van der Waals surface area contributed by atoms with Gasteiger partial charge in [0.25, 0.3) is 0 Å². The molecule has 0 atom stereocenters. The lowest BCUT2D eigenvalue weighted by atomic mass is 9.85. The maximum absolute atomic E-state index is 4.76. The van der Waals surface area contributed by atoms with E-state index in [1.54, 1.807) is 0 Å². The maximum atomic E-state index is 4.76. The number of aryl methyl sites for hydroxylation is 1. The van der Waals surface area contributed by atoms with Gasteiger partial charge in [-0.25, -0.2) is 4.98 Å². The van der Waals surface area contributed by atoms with Gasteiger partial charge in [-0.05, 0) is 33.4 Å². The van der Waals surface area contributed by atoms with Crippen molar-refractivity contribution in [3.8, 4) is 0 Å². The van der Waals surface area contributed by atoms with Crippen LogP contribution in [0.3, 0.4) is 0 Å². The Morgan fingerprint density at radius 1 is 1.22 bits per heavy atom. The van der Waals surface area contributed by atoms with E-state index in [-0.39, 0.29) is 5.41 Å². The summed E-state index contributed by atoms with van der Waals surface area (Å²) in [6.07, 6.45) is 0. The van der Waals surface area contributed by atoms with Crippen molar-refractivity contribution < 1.29 is 0 Å². The molecule has 3 heteroatoms. The summed E-state index contributed by atoms with van der Waals surface area (Å²) in [6, 6.07) is 10.6. The molecule has 0 aliphatic heterocycles. The molecule has 1 aromatic heterocycles. The normalized spacial score (nSPS) is 11.8. The van der Waals surface area contributed by atoms with Crippen molar-refractivity contribution >= 4 is 11.3 Å². The van der Waals surface area contributed by atoms with Crippen molar-refractivity contribution in [2.75, 3.05) is 7.05 Å². The molecule has 96 valence electrons. The quantitative estimate of drug-likeness (QED) is 0.910. The SMILES string of the molecule is CNCc1sc(C(C)(C)c2ccccc2)nc1C. The van der Waals surface area contributed by atoms with Crippen molar-refractivity contribution in [1.82, 2.24) is 10.3 Å². The summed E-state index contributed by atoms with van der Waals surface area (Å²) in [5, 5.41) is 4.39. The fraction of sp³-hybridized carbons (Fsp3) is 0.400. The van der Waals surface area contributed by atoms with E-state index >= 15 is 0 Å². The van der Waals surface area contributed by atoms with Gasteiger partial charge in [0.1, 0.15) is 5.01 Å². The Morgan fingerprint density at radius 2 is 1.89 bits per heavy atom. The van der Waals surface area contributed by atoms with Gasteiger partial charge < -0.3 is 5.32 Å². The highest BCUT2D eigenvalue weighted by Crippen LogP contribution is 2.35. The third-order valence-corrected chi connectivity index (χ3v) is 4.74. The second kappa shape index (κ2) is 5.21. The summed E-state index contributed by atoms with van der Waals surface area (Å²) in [4.78, 5) is 6.09. The van der Waals surface area contributed by atoms with Gasteiger partial charge in [-0.1, -0.05) is 30.3 Å². The largest absolute Gasteiger partial charge is 0.315 e. The highest BCUT2D eigenvalue weighted by molar-refractivity contribution is 7.11. The van der Waals surface area contributed by atoms with Crippen LogP contribution in [0.25, 0.3) is 0 Å². The minimum atomic E-state index is -0.0251. The van der Waals surface area contributed by atoms with E-state index in [0.717, 1.165) is 12.2 Å². The fourth-order valence-corrected chi connectivity index (χ4v) is 3.20. The van der Waals surface area contributed by atoms with Crippen LogP contribution in [-0.2, 0) is 12.0 Å². The Bertz CT molecular complexity index is 515. The number of nitrogens with one attached hydrogen (secondary N) is 1. The molecule has 0 saturated heterocycles. The van der Waals surface area contributed by atoms with Crippen LogP contribution in [0.5, 0.6) is 0 Å². The Balaban J connectivity index is 2.38. The van der Waals surface area contributed by atoms with Crippen LogP contribution in [0, 0.1) is 6.92 Å². The molecule has 2 rings (SSSR count). The van der Waals surface area contributed by atoms with Crippen molar-refractivity contribution in [2.24, 2.45) is 0 Å². The standard InChI is InChI=1S/C15H20N2S/c1-11-13(10-16-4)18-14(17-11)15(2,3)12-8-6-5-7-9-12/h5-9,16H,10H2,1-4H3. The van der Waals surface area contributed by atoms with Gasteiger partial charge >= 0.3 is 0 Å². The van der Waals surface area contributed by atoms with Crippen molar-refractivity contribution in [1.29, 1.82) is 0 Å². The molecule has 0 fully saturated rings. The topological polar surface area (TPSA) is 24.9 Å². The van der Waals surface area contributed by atoms with Crippen LogP contribution in [0.4, 0.5) is 0 Å². The second-order valence-electron chi connectivity index (χ2n) is 5.05. The minimum absolute atomic E-state index is 0.0251. The fourth-order valence-electron chi connectivity index (χ4n) is 2.00. The van der Waals surface area contributed by atoms with E-state index in [1.165, 1.54) is 15.4 Å². The van der Waals surface area contributed by atoms with Gasteiger partial charge in [-0.2, -0.15) is 0 Å². The van der Waals surface area contributed by atoms with Crippen molar-refractivity contribution in [3.05, 3.63) is 51.5 Å². The van der Waals surface area contributed by atoms with Gasteiger partial charge in [-0.3, -0.25) is 0 Å². The first-order valence-electron chi connectivity index (χ1n) is 6.22. The molecule has 0 radical (unpaired) electrons. The third kappa shape index (κ3) is 2.47. The summed E-state index contributed by atoms with van der Waals surface area (Å²) in [7, 11) is 1.97. The van der Waals surface area contributed by atoms with E-state index in [2.05, 4.69) is 56.4 Å². The molecule has 0 saturated carbocycles. The second-order valence-corrected chi connectivity index (χ2v) is 6.13. The van der Waals surface area contributed by atoms with Gasteiger partial charge in [0, 0.05) is 16.8 Å². The molecular weight excluding hydrogens is 240 g/mol. The molecule has 0 spiro atoms. The summed E-state index contributed by atoms with van der Waals surface area (Å²) in [5.74, 6) is 0. The predicted molar refractivity (Wildman–Crippen MR) is 78.2 cm³/mol. The number of benzene rings is 1. The lowest BCUT2D eigenvalue weighted by Crippen LogP contribution is -2.18. The molecule has 0 amide bonds. The van der Waals surface area contributed by atoms with Crippen LogP contribution in [0.15, 0.2) is 30.3 Å². The average molecular weight is 260 g/mol. The first-order chi connectivity index (χ1) is 8.55. The molecular formula is C15H20N2S. The van der Waals surface area contributed by atoms with Gasteiger partial charge in [0.2, 0.25) is 0 Å². The molecule has 0 bridgehead atoms. The molecule has 2 nitrogen and oxygen atoms in total. The number of hydrogen-bond donors (Lipinski definition) is 1. The summed E-state index contributed by atoms with van der Waals surface area (Å²) < 4.78 is 0. The molecule has 18 heavy (non-hydrogen) atoms. The van der Waals surface area contributed by atoms with Crippen LogP contribution < -0.4 is 5.32 Å². The van der Waals surface area contributed by atoms with Crippen LogP contribution >= 0.6 is 11.3 Å². The van der Waals surface area contributed by atoms with E-state index in [1.807, 2.05) is 18.4 Å². The van der Waals surface area contributed by atoms with Gasteiger partial charge in [0.05, 0.1) is 5.69 Å². The van der Waals surface area contributed by atoms with Gasteiger partial charge in [-0.15, -0.1) is 11.3 Å². The average Bonchev–Trinajstić information content (AvgIpc) is 2.73. The monoisotopic (exact) mass is 260 g/mol. The zero-order valence-electron chi connectivity index (χ0n) is 11.4. The Kier molecular flexibility index (Phi) is 3.83. The first-order valence-corrected chi connectivity index (χ1v) is 7.04. The smallest absolute Gasteiger partial charge is 0.103 e. The molecule has 1 heterocycles. The van der Waals surface area contributed by atoms with Crippen LogP contribution in [0.2, 0.25) is 0 Å². The van der Waals surface area contributed by atoms with Crippen LogP contribution in [0.1, 0.15) is 35.0 Å². The highest BCUT2D eigenvalue weighted by atomic mass is 32.1. The predicted octanol–water partition coefficient (Wildman–Crippen LogP) is 3.50. The van der Waals surface area contributed by atoms with E-state index in [9.17, 15) is 0 Å². The van der Waals surface area contributed by atoms with E-state index < -0.39 is 0 Å². The highest BCUT2D eigenvalue weighted by Gasteiger charge is 2.27. The molecule has 0 aliphatic carbocycles. The summed E-state index contributed by atoms with van der Waals surface area (Å²) >= 11 is 1.81. The van der Waals surface area contributed by atoms with E-state index in [0.29, 0.717) is 0 Å². The third-order valence-electron chi connectivity index (χ3n) is 3.26. The minimum Gasteiger partial charge on any atom is -0.315 e. The molecule has 1 N–H and O–H groups in total. The molecule has 0 aliphatic rings. The molecule has 0 unspecified atom stereocenters. The number of thiazole rings is 1. The Hall–Kier alpha value is -1.19. The first kappa shape index (κ1) is 13.2. The zero-order chi connectivity index (χ0) is 13.2.